The lowest BCUT2D eigenvalue weighted by molar-refractivity contribution is -0.0505. The molecule has 2 aromatic rings. The van der Waals surface area contributed by atoms with Gasteiger partial charge in [0, 0.05) is 18.7 Å². The molecule has 2 aromatic carbocycles. The van der Waals surface area contributed by atoms with E-state index in [2.05, 4.69) is 10.1 Å². The molecular weight excluding hydrogens is 276 g/mol. The van der Waals surface area contributed by atoms with E-state index in [0.29, 0.717) is 25.3 Å². The lowest BCUT2D eigenvalue weighted by Crippen LogP contribution is -2.21. The number of hydrogen-bond donors (Lipinski definition) is 1. The largest absolute Gasteiger partial charge is 0.492 e. The van der Waals surface area contributed by atoms with Crippen LogP contribution in [0.5, 0.6) is 11.5 Å². The van der Waals surface area contributed by atoms with Gasteiger partial charge >= 0.3 is 6.61 Å². The third-order valence-corrected chi connectivity index (χ3v) is 2.79. The van der Waals surface area contributed by atoms with Gasteiger partial charge in [-0.15, -0.1) is 0 Å². The summed E-state index contributed by atoms with van der Waals surface area (Å²) in [5.74, 6) is 1.00. The van der Waals surface area contributed by atoms with Gasteiger partial charge in [0.15, 0.2) is 0 Å². The fraction of sp³-hybridized carbons (Fsp3) is 0.250. The molecule has 0 unspecified atom stereocenters. The van der Waals surface area contributed by atoms with Crippen molar-refractivity contribution in [2.24, 2.45) is 0 Å². The zero-order valence-corrected chi connectivity index (χ0v) is 11.5. The Morgan fingerprint density at radius 2 is 1.67 bits per heavy atom. The van der Waals surface area contributed by atoms with Gasteiger partial charge in [-0.25, -0.2) is 0 Å². The van der Waals surface area contributed by atoms with E-state index in [-0.39, 0.29) is 5.75 Å². The van der Waals surface area contributed by atoms with Gasteiger partial charge in [0.05, 0.1) is 0 Å². The Hall–Kier alpha value is -2.14. The Kier molecular flexibility index (Phi) is 5.97. The summed E-state index contributed by atoms with van der Waals surface area (Å²) in [6.07, 6.45) is 0. The molecule has 0 aliphatic rings. The normalized spacial score (nSPS) is 10.6. The Balaban J connectivity index is 1.73. The standard InChI is InChI=1S/C16H17F2NO2/c17-16(18)21-15-9-5-4-6-13(15)12-19-10-11-20-14-7-2-1-3-8-14/h1-9,16,19H,10-12H2. The van der Waals surface area contributed by atoms with Crippen molar-refractivity contribution in [1.29, 1.82) is 0 Å². The number of benzene rings is 2. The van der Waals surface area contributed by atoms with Crippen molar-refractivity contribution in [3.05, 3.63) is 60.2 Å². The predicted molar refractivity (Wildman–Crippen MR) is 76.7 cm³/mol. The molecule has 0 aromatic heterocycles. The minimum absolute atomic E-state index is 0.198. The van der Waals surface area contributed by atoms with E-state index in [1.54, 1.807) is 18.2 Å². The van der Waals surface area contributed by atoms with Gasteiger partial charge in [-0.2, -0.15) is 8.78 Å². The minimum Gasteiger partial charge on any atom is -0.492 e. The van der Waals surface area contributed by atoms with Gasteiger partial charge in [-0.3, -0.25) is 0 Å². The summed E-state index contributed by atoms with van der Waals surface area (Å²) in [5, 5.41) is 3.14. The second-order valence-electron chi connectivity index (χ2n) is 4.32. The highest BCUT2D eigenvalue weighted by molar-refractivity contribution is 5.33. The monoisotopic (exact) mass is 293 g/mol. The topological polar surface area (TPSA) is 30.5 Å². The number of alkyl halides is 2. The van der Waals surface area contributed by atoms with Gasteiger partial charge in [0.2, 0.25) is 0 Å². The molecule has 0 spiro atoms. The Morgan fingerprint density at radius 1 is 0.952 bits per heavy atom. The first kappa shape index (κ1) is 15.3. The number of halogens is 2. The molecule has 3 nitrogen and oxygen atoms in total. The molecule has 1 N–H and O–H groups in total. The highest BCUT2D eigenvalue weighted by Crippen LogP contribution is 2.19. The summed E-state index contributed by atoms with van der Waals surface area (Å²) < 4.78 is 34.5. The van der Waals surface area contributed by atoms with E-state index in [4.69, 9.17) is 4.74 Å². The molecule has 0 aliphatic carbocycles. The molecule has 0 saturated heterocycles. The van der Waals surface area contributed by atoms with Crippen LogP contribution in [-0.2, 0) is 6.54 Å². The van der Waals surface area contributed by atoms with E-state index in [9.17, 15) is 8.78 Å². The molecule has 21 heavy (non-hydrogen) atoms. The van der Waals surface area contributed by atoms with Crippen molar-refractivity contribution in [2.45, 2.75) is 13.2 Å². The third kappa shape index (κ3) is 5.39. The zero-order chi connectivity index (χ0) is 14.9. The van der Waals surface area contributed by atoms with Gasteiger partial charge in [-0.1, -0.05) is 36.4 Å². The van der Waals surface area contributed by atoms with E-state index in [1.165, 1.54) is 6.07 Å². The van der Waals surface area contributed by atoms with Crippen LogP contribution in [0.1, 0.15) is 5.56 Å². The smallest absolute Gasteiger partial charge is 0.387 e. The van der Waals surface area contributed by atoms with Crippen LogP contribution in [0.15, 0.2) is 54.6 Å². The number of para-hydroxylation sites is 2. The molecule has 2 rings (SSSR count). The summed E-state index contributed by atoms with van der Waals surface area (Å²) >= 11 is 0. The van der Waals surface area contributed by atoms with Crippen LogP contribution in [0.25, 0.3) is 0 Å². The summed E-state index contributed by atoms with van der Waals surface area (Å²) in [4.78, 5) is 0. The van der Waals surface area contributed by atoms with Crippen molar-refractivity contribution < 1.29 is 18.3 Å². The quantitative estimate of drug-likeness (QED) is 0.756. The minimum atomic E-state index is -2.81. The summed E-state index contributed by atoms with van der Waals surface area (Å²) in [5.41, 5.74) is 0.692. The Morgan fingerprint density at radius 3 is 2.43 bits per heavy atom. The lowest BCUT2D eigenvalue weighted by Gasteiger charge is -2.11. The number of rotatable bonds is 8. The van der Waals surface area contributed by atoms with E-state index in [1.807, 2.05) is 30.3 Å². The molecule has 0 bridgehead atoms. The second kappa shape index (κ2) is 8.21. The fourth-order valence-corrected chi connectivity index (χ4v) is 1.84. The van der Waals surface area contributed by atoms with Crippen LogP contribution < -0.4 is 14.8 Å². The van der Waals surface area contributed by atoms with E-state index in [0.717, 1.165) is 5.75 Å². The second-order valence-corrected chi connectivity index (χ2v) is 4.32. The molecule has 0 heterocycles. The number of nitrogens with one attached hydrogen (secondary N) is 1. The van der Waals surface area contributed by atoms with Crippen LogP contribution in [0.2, 0.25) is 0 Å². The van der Waals surface area contributed by atoms with Crippen LogP contribution in [0.3, 0.4) is 0 Å². The molecule has 0 amide bonds. The fourth-order valence-electron chi connectivity index (χ4n) is 1.84. The van der Waals surface area contributed by atoms with Gasteiger partial charge < -0.3 is 14.8 Å². The number of hydrogen-bond acceptors (Lipinski definition) is 3. The lowest BCUT2D eigenvalue weighted by atomic mass is 10.2. The van der Waals surface area contributed by atoms with Gasteiger partial charge in [-0.05, 0) is 18.2 Å². The highest BCUT2D eigenvalue weighted by atomic mass is 19.3. The van der Waals surface area contributed by atoms with Crippen LogP contribution >= 0.6 is 0 Å². The third-order valence-electron chi connectivity index (χ3n) is 2.79. The average molecular weight is 293 g/mol. The molecule has 0 atom stereocenters. The molecule has 5 heteroatoms. The van der Waals surface area contributed by atoms with Gasteiger partial charge in [0.25, 0.3) is 0 Å². The van der Waals surface area contributed by atoms with E-state index >= 15 is 0 Å². The summed E-state index contributed by atoms with van der Waals surface area (Å²) in [6.45, 7) is -1.26. The predicted octanol–water partition coefficient (Wildman–Crippen LogP) is 3.46. The first-order chi connectivity index (χ1) is 10.3. The summed E-state index contributed by atoms with van der Waals surface area (Å²) in [7, 11) is 0. The number of ether oxygens (including phenoxy) is 2. The first-order valence-electron chi connectivity index (χ1n) is 6.67. The Labute approximate surface area is 122 Å². The van der Waals surface area contributed by atoms with Crippen molar-refractivity contribution in [3.8, 4) is 11.5 Å². The maximum Gasteiger partial charge on any atom is 0.387 e. The highest BCUT2D eigenvalue weighted by Gasteiger charge is 2.08. The van der Waals surface area contributed by atoms with Crippen LogP contribution in [-0.4, -0.2) is 19.8 Å². The average Bonchev–Trinajstić information content (AvgIpc) is 2.49. The maximum atomic E-state index is 12.3. The molecule has 0 saturated carbocycles. The van der Waals surface area contributed by atoms with Gasteiger partial charge in [0.1, 0.15) is 18.1 Å². The molecule has 0 radical (unpaired) electrons. The SMILES string of the molecule is FC(F)Oc1ccccc1CNCCOc1ccccc1. The van der Waals surface area contributed by atoms with Crippen molar-refractivity contribution in [1.82, 2.24) is 5.32 Å². The molecular formula is C16H17F2NO2. The molecule has 0 fully saturated rings. The molecule has 0 aliphatic heterocycles. The van der Waals surface area contributed by atoms with Crippen LogP contribution in [0, 0.1) is 0 Å². The Bertz CT molecular complexity index is 535. The molecule has 112 valence electrons. The van der Waals surface area contributed by atoms with Crippen molar-refractivity contribution in [3.63, 3.8) is 0 Å². The first-order valence-corrected chi connectivity index (χ1v) is 6.67. The maximum absolute atomic E-state index is 12.3. The van der Waals surface area contributed by atoms with Crippen molar-refractivity contribution >= 4 is 0 Å². The zero-order valence-electron chi connectivity index (χ0n) is 11.5. The van der Waals surface area contributed by atoms with E-state index < -0.39 is 6.61 Å². The van der Waals surface area contributed by atoms with Crippen molar-refractivity contribution in [2.75, 3.05) is 13.2 Å². The summed E-state index contributed by atoms with van der Waals surface area (Å²) in [6, 6.07) is 16.2. The van der Waals surface area contributed by atoms with Crippen LogP contribution in [0.4, 0.5) is 8.78 Å².